The summed E-state index contributed by atoms with van der Waals surface area (Å²) in [5, 5.41) is 20.5. The number of likely N-dealkylation sites (tertiary alicyclic amines) is 2. The summed E-state index contributed by atoms with van der Waals surface area (Å²) in [5.74, 6) is 0.270. The molecule has 14 nitrogen and oxygen atoms in total. The van der Waals surface area contributed by atoms with Crippen molar-refractivity contribution in [1.82, 2.24) is 35.7 Å². The molecule has 66 heavy (non-hydrogen) atoms. The second-order valence-electron chi connectivity index (χ2n) is 19.1. The van der Waals surface area contributed by atoms with Crippen molar-refractivity contribution in [3.05, 3.63) is 138 Å². The van der Waals surface area contributed by atoms with Crippen LogP contribution < -0.4 is 16.0 Å². The van der Waals surface area contributed by atoms with E-state index in [-0.39, 0.29) is 23.9 Å². The molecule has 2 aliphatic rings. The number of hydrogen-bond donors (Lipinski definition) is 5. The number of nitrogens with one attached hydrogen (secondary N) is 4. The van der Waals surface area contributed by atoms with Crippen molar-refractivity contribution < 1.29 is 33.8 Å². The number of aliphatic hydroxyl groups is 1. The number of amides is 4. The van der Waals surface area contributed by atoms with Gasteiger partial charge in [0.25, 0.3) is 5.91 Å². The maximum absolute atomic E-state index is 14.2. The van der Waals surface area contributed by atoms with Crippen LogP contribution in [0, 0.1) is 0 Å². The molecule has 6 unspecified atom stereocenters. The minimum atomic E-state index is -1.17. The molecule has 5 N–H and O–H groups in total. The number of alkyl carbamates (subject to hydrolysis) is 2. The molecule has 0 spiro atoms. The predicted molar refractivity (Wildman–Crippen MR) is 253 cm³/mol. The van der Waals surface area contributed by atoms with E-state index in [1.54, 1.807) is 57.5 Å². The number of rotatable bonds is 13. The van der Waals surface area contributed by atoms with E-state index in [1.807, 2.05) is 104 Å². The Hall–Kier alpha value is -6.51. The third kappa shape index (κ3) is 11.8. The zero-order chi connectivity index (χ0) is 47.2. The SMILES string of the molecule is CC(NC(=O)C1CCCN1C(O)C(NC(=O)OC(C)(C)C)c1ccccc1)c1ccc(-c2ccc(-c3cnc(C4CCCN4C(=O)C(NC(=O)OC(C)(C)C)c4ccccc4)[nH]3)cc2)cc1. The first-order chi connectivity index (χ1) is 31.4. The molecule has 14 heteroatoms. The van der Waals surface area contributed by atoms with Gasteiger partial charge in [0.15, 0.2) is 0 Å². The molecule has 348 valence electrons. The van der Waals surface area contributed by atoms with Gasteiger partial charge in [-0.05, 0) is 108 Å². The third-order valence-electron chi connectivity index (χ3n) is 11.9. The molecule has 0 bridgehead atoms. The number of H-pyrrole nitrogens is 1. The third-order valence-corrected chi connectivity index (χ3v) is 11.9. The predicted octanol–water partition coefficient (Wildman–Crippen LogP) is 8.90. The van der Waals surface area contributed by atoms with E-state index in [0.29, 0.717) is 36.5 Å². The quantitative estimate of drug-likeness (QED) is 0.0772. The standard InChI is InChI=1S/C52H63N7O7/c1-33(54-46(60)42-21-15-31-59(42)48(62)44(39-18-12-9-13-19-39)57-50(64)66-52(5,6)7)34-22-24-35(25-23-34)36-26-28-37(29-27-36)40-32-53-45(55-40)41-20-14-30-58(41)47(61)43(38-16-10-8-11-17-38)56-49(63)65-51(2,3)4/h8-13,16-19,22-29,32-33,41-44,48,62H,14-15,20-21,30-31H2,1-7H3,(H,53,55)(H,54,60)(H,56,63)(H,57,64). The highest BCUT2D eigenvalue weighted by Gasteiger charge is 2.40. The Labute approximate surface area is 387 Å². The van der Waals surface area contributed by atoms with E-state index in [1.165, 1.54) is 0 Å². The molecular weight excluding hydrogens is 835 g/mol. The molecule has 2 aliphatic heterocycles. The van der Waals surface area contributed by atoms with Gasteiger partial charge in [0, 0.05) is 13.1 Å². The molecule has 2 fully saturated rings. The van der Waals surface area contributed by atoms with Gasteiger partial charge in [0.2, 0.25) is 5.91 Å². The number of hydrogen-bond acceptors (Lipinski definition) is 9. The minimum Gasteiger partial charge on any atom is -0.444 e. The first-order valence-corrected chi connectivity index (χ1v) is 22.8. The van der Waals surface area contributed by atoms with Crippen LogP contribution in [0.4, 0.5) is 9.59 Å². The van der Waals surface area contributed by atoms with Crippen LogP contribution in [-0.2, 0) is 19.1 Å². The van der Waals surface area contributed by atoms with Gasteiger partial charge in [-0.2, -0.15) is 0 Å². The molecular formula is C52H63N7O7. The number of nitrogens with zero attached hydrogens (tertiary/aromatic N) is 3. The van der Waals surface area contributed by atoms with Crippen LogP contribution in [0.2, 0.25) is 0 Å². The molecule has 1 aromatic heterocycles. The first kappa shape index (κ1) is 47.5. The Kier molecular flexibility index (Phi) is 14.6. The van der Waals surface area contributed by atoms with Crippen molar-refractivity contribution >= 4 is 24.0 Å². The summed E-state index contributed by atoms with van der Waals surface area (Å²) in [7, 11) is 0. The summed E-state index contributed by atoms with van der Waals surface area (Å²) >= 11 is 0. The van der Waals surface area contributed by atoms with Crippen LogP contribution in [0.15, 0.2) is 115 Å². The fraction of sp³-hybridized carbons (Fsp3) is 0.404. The van der Waals surface area contributed by atoms with Gasteiger partial charge in [-0.3, -0.25) is 14.5 Å². The number of benzene rings is 4. The molecule has 6 atom stereocenters. The Morgan fingerprint density at radius 2 is 1.23 bits per heavy atom. The summed E-state index contributed by atoms with van der Waals surface area (Å²) in [6, 6.07) is 31.8. The smallest absolute Gasteiger partial charge is 0.408 e. The van der Waals surface area contributed by atoms with Crippen molar-refractivity contribution in [2.45, 2.75) is 122 Å². The van der Waals surface area contributed by atoms with Crippen molar-refractivity contribution in [2.75, 3.05) is 13.1 Å². The summed E-state index contributed by atoms with van der Waals surface area (Å²) in [6.45, 7) is 13.7. The summed E-state index contributed by atoms with van der Waals surface area (Å²) in [5.41, 5.74) is 4.66. The number of imidazole rings is 1. The molecule has 2 saturated heterocycles. The second-order valence-corrected chi connectivity index (χ2v) is 19.1. The molecule has 0 radical (unpaired) electrons. The highest BCUT2D eigenvalue weighted by atomic mass is 16.6. The number of aromatic amines is 1. The van der Waals surface area contributed by atoms with E-state index in [0.717, 1.165) is 47.2 Å². The van der Waals surface area contributed by atoms with Crippen molar-refractivity contribution in [3.8, 4) is 22.4 Å². The normalized spacial score (nSPS) is 18.5. The van der Waals surface area contributed by atoms with E-state index >= 15 is 0 Å². The monoisotopic (exact) mass is 897 g/mol. The van der Waals surface area contributed by atoms with Crippen LogP contribution in [-0.4, -0.2) is 85.4 Å². The molecule has 4 aromatic carbocycles. The number of carbonyl (C=O) groups is 4. The van der Waals surface area contributed by atoms with Crippen LogP contribution in [0.1, 0.15) is 121 Å². The highest BCUT2D eigenvalue weighted by molar-refractivity contribution is 5.87. The van der Waals surface area contributed by atoms with E-state index in [9.17, 15) is 24.3 Å². The number of carbonyl (C=O) groups excluding carboxylic acids is 4. The van der Waals surface area contributed by atoms with Gasteiger partial charge in [0.1, 0.15) is 29.3 Å². The highest BCUT2D eigenvalue weighted by Crippen LogP contribution is 2.35. The Morgan fingerprint density at radius 1 is 0.682 bits per heavy atom. The van der Waals surface area contributed by atoms with Crippen molar-refractivity contribution in [2.24, 2.45) is 0 Å². The molecule has 3 heterocycles. The number of aromatic nitrogens is 2. The van der Waals surface area contributed by atoms with E-state index in [4.69, 9.17) is 14.5 Å². The summed E-state index contributed by atoms with van der Waals surface area (Å²) in [4.78, 5) is 65.5. The Morgan fingerprint density at radius 3 is 1.83 bits per heavy atom. The lowest BCUT2D eigenvalue weighted by Crippen LogP contribution is -2.53. The lowest BCUT2D eigenvalue weighted by molar-refractivity contribution is -0.134. The van der Waals surface area contributed by atoms with Gasteiger partial charge in [-0.25, -0.2) is 14.6 Å². The lowest BCUT2D eigenvalue weighted by Gasteiger charge is -2.35. The molecule has 4 amide bonds. The lowest BCUT2D eigenvalue weighted by atomic mass is 9.99. The zero-order valence-electron chi connectivity index (χ0n) is 38.9. The molecule has 0 saturated carbocycles. The summed E-state index contributed by atoms with van der Waals surface area (Å²) < 4.78 is 11.0. The van der Waals surface area contributed by atoms with Gasteiger partial charge < -0.3 is 40.4 Å². The Balaban J connectivity index is 0.973. The van der Waals surface area contributed by atoms with E-state index in [2.05, 4.69) is 33.1 Å². The average Bonchev–Trinajstić information content (AvgIpc) is 4.09. The largest absolute Gasteiger partial charge is 0.444 e. The maximum Gasteiger partial charge on any atom is 0.408 e. The van der Waals surface area contributed by atoms with Gasteiger partial charge >= 0.3 is 12.2 Å². The minimum absolute atomic E-state index is 0.191. The Bertz CT molecular complexity index is 2430. The van der Waals surface area contributed by atoms with Crippen molar-refractivity contribution in [3.63, 3.8) is 0 Å². The molecule has 0 aliphatic carbocycles. The maximum atomic E-state index is 14.2. The molecule has 5 aromatic rings. The van der Waals surface area contributed by atoms with Crippen LogP contribution in [0.25, 0.3) is 22.4 Å². The molecule has 7 rings (SSSR count). The van der Waals surface area contributed by atoms with Gasteiger partial charge in [-0.15, -0.1) is 0 Å². The van der Waals surface area contributed by atoms with Crippen LogP contribution >= 0.6 is 0 Å². The van der Waals surface area contributed by atoms with Gasteiger partial charge in [0.05, 0.1) is 36.1 Å². The van der Waals surface area contributed by atoms with Gasteiger partial charge in [-0.1, -0.05) is 109 Å². The fourth-order valence-electron chi connectivity index (χ4n) is 8.69. The second kappa shape index (κ2) is 20.3. The van der Waals surface area contributed by atoms with Crippen LogP contribution in [0.5, 0.6) is 0 Å². The van der Waals surface area contributed by atoms with Crippen LogP contribution in [0.3, 0.4) is 0 Å². The topological polar surface area (TPSA) is 178 Å². The summed E-state index contributed by atoms with van der Waals surface area (Å²) in [6.07, 6.45) is 2.14. The zero-order valence-corrected chi connectivity index (χ0v) is 38.9. The number of ether oxygens (including phenoxy) is 2. The van der Waals surface area contributed by atoms with Crippen molar-refractivity contribution in [1.29, 1.82) is 0 Å². The average molecular weight is 898 g/mol. The van der Waals surface area contributed by atoms with E-state index < -0.39 is 47.7 Å². The first-order valence-electron chi connectivity index (χ1n) is 22.8. The fourth-order valence-corrected chi connectivity index (χ4v) is 8.69. The number of aliphatic hydroxyl groups excluding tert-OH is 1.